The Morgan fingerprint density at radius 1 is 0.657 bits per heavy atom. The van der Waals surface area contributed by atoms with Gasteiger partial charge in [0.2, 0.25) is 0 Å². The van der Waals surface area contributed by atoms with Crippen LogP contribution in [-0.2, 0) is 6.42 Å². The SMILES string of the molecule is CC(C)(Sc1ccccc1)[C@@H](C/C(=C/Cc1ccccc1)Sc1ccccc1)Sc1ccccc1. The summed E-state index contributed by atoms with van der Waals surface area (Å²) in [6.45, 7) is 4.79. The van der Waals surface area contributed by atoms with Crippen molar-refractivity contribution in [3.8, 4) is 0 Å². The Kier molecular flexibility index (Phi) is 9.65. The van der Waals surface area contributed by atoms with Crippen LogP contribution >= 0.6 is 35.3 Å². The van der Waals surface area contributed by atoms with E-state index in [9.17, 15) is 0 Å². The third-order valence-corrected chi connectivity index (χ3v) is 9.86. The first-order valence-electron chi connectivity index (χ1n) is 12.0. The number of benzene rings is 4. The first kappa shape index (κ1) is 25.8. The van der Waals surface area contributed by atoms with Crippen LogP contribution < -0.4 is 0 Å². The van der Waals surface area contributed by atoms with Crippen molar-refractivity contribution < 1.29 is 0 Å². The molecule has 0 heterocycles. The molecule has 178 valence electrons. The lowest BCUT2D eigenvalue weighted by Gasteiger charge is -2.34. The van der Waals surface area contributed by atoms with Gasteiger partial charge in [0.25, 0.3) is 0 Å². The minimum absolute atomic E-state index is 0.0327. The molecule has 0 unspecified atom stereocenters. The Morgan fingerprint density at radius 3 is 1.71 bits per heavy atom. The molecule has 0 saturated carbocycles. The van der Waals surface area contributed by atoms with Gasteiger partial charge in [0, 0.05) is 24.7 Å². The number of hydrogen-bond donors (Lipinski definition) is 0. The molecule has 0 spiro atoms. The van der Waals surface area contributed by atoms with Gasteiger partial charge < -0.3 is 0 Å². The Labute approximate surface area is 223 Å². The van der Waals surface area contributed by atoms with E-state index in [1.807, 2.05) is 35.3 Å². The fourth-order valence-corrected chi connectivity index (χ4v) is 7.50. The summed E-state index contributed by atoms with van der Waals surface area (Å²) in [5.41, 5.74) is 1.35. The molecule has 0 bridgehead atoms. The van der Waals surface area contributed by atoms with Crippen molar-refractivity contribution in [2.75, 3.05) is 0 Å². The summed E-state index contributed by atoms with van der Waals surface area (Å²) in [4.78, 5) is 5.37. The van der Waals surface area contributed by atoms with Crippen LogP contribution in [0.5, 0.6) is 0 Å². The van der Waals surface area contributed by atoms with Gasteiger partial charge in [-0.05, 0) is 73.6 Å². The molecule has 0 N–H and O–H groups in total. The van der Waals surface area contributed by atoms with Crippen molar-refractivity contribution in [1.29, 1.82) is 0 Å². The van der Waals surface area contributed by atoms with Gasteiger partial charge in [0.05, 0.1) is 0 Å². The second kappa shape index (κ2) is 13.1. The van der Waals surface area contributed by atoms with E-state index < -0.39 is 0 Å². The quantitative estimate of drug-likeness (QED) is 0.183. The molecule has 3 heteroatoms. The van der Waals surface area contributed by atoms with Gasteiger partial charge in [-0.3, -0.25) is 0 Å². The zero-order valence-electron chi connectivity index (χ0n) is 20.3. The van der Waals surface area contributed by atoms with Crippen molar-refractivity contribution in [2.24, 2.45) is 0 Å². The Hall–Kier alpha value is -2.33. The first-order valence-corrected chi connectivity index (χ1v) is 14.5. The molecule has 0 aliphatic rings. The summed E-state index contributed by atoms with van der Waals surface area (Å²) < 4.78 is 0.0327. The van der Waals surface area contributed by atoms with Crippen LogP contribution in [0.25, 0.3) is 0 Å². The van der Waals surface area contributed by atoms with Crippen LogP contribution in [0.1, 0.15) is 25.8 Å². The lowest BCUT2D eigenvalue weighted by Crippen LogP contribution is -2.30. The van der Waals surface area contributed by atoms with Crippen molar-refractivity contribution >= 4 is 35.3 Å². The van der Waals surface area contributed by atoms with Crippen LogP contribution in [-0.4, -0.2) is 10.00 Å². The van der Waals surface area contributed by atoms with Gasteiger partial charge >= 0.3 is 0 Å². The number of rotatable bonds is 11. The van der Waals surface area contributed by atoms with E-state index in [0.717, 1.165) is 12.8 Å². The van der Waals surface area contributed by atoms with Gasteiger partial charge in [-0.25, -0.2) is 0 Å². The Morgan fingerprint density at radius 2 is 1.14 bits per heavy atom. The molecule has 0 saturated heterocycles. The topological polar surface area (TPSA) is 0 Å². The summed E-state index contributed by atoms with van der Waals surface area (Å²) in [6.07, 6.45) is 4.40. The maximum atomic E-state index is 2.44. The monoisotopic (exact) mass is 512 g/mol. The van der Waals surface area contributed by atoms with Crippen molar-refractivity contribution in [2.45, 2.75) is 51.4 Å². The third-order valence-electron chi connectivity index (χ3n) is 5.71. The van der Waals surface area contributed by atoms with Gasteiger partial charge in [0.1, 0.15) is 0 Å². The molecule has 0 radical (unpaired) electrons. The minimum atomic E-state index is 0.0327. The molecule has 4 aromatic rings. The molecular weight excluding hydrogens is 481 g/mol. The summed E-state index contributed by atoms with van der Waals surface area (Å²) in [6, 6.07) is 43.2. The van der Waals surface area contributed by atoms with Gasteiger partial charge in [0.15, 0.2) is 0 Å². The van der Waals surface area contributed by atoms with Crippen LogP contribution in [0, 0.1) is 0 Å². The number of allylic oxidation sites excluding steroid dienone is 2. The highest BCUT2D eigenvalue weighted by molar-refractivity contribution is 8.04. The summed E-state index contributed by atoms with van der Waals surface area (Å²) in [7, 11) is 0. The van der Waals surface area contributed by atoms with Crippen molar-refractivity contribution in [3.63, 3.8) is 0 Å². The fraction of sp³-hybridized carbons (Fsp3) is 0.188. The van der Waals surface area contributed by atoms with E-state index in [1.165, 1.54) is 25.2 Å². The predicted octanol–water partition coefficient (Wildman–Crippen LogP) is 10.0. The maximum absolute atomic E-state index is 2.44. The smallest absolute Gasteiger partial charge is 0.0285 e. The molecule has 0 amide bonds. The number of hydrogen-bond acceptors (Lipinski definition) is 3. The largest absolute Gasteiger partial charge is 0.121 e. The summed E-state index contributed by atoms with van der Waals surface area (Å²) >= 11 is 5.89. The van der Waals surface area contributed by atoms with Gasteiger partial charge in [-0.1, -0.05) is 103 Å². The molecule has 0 nitrogen and oxygen atoms in total. The lowest BCUT2D eigenvalue weighted by molar-refractivity contribution is 0.662. The molecule has 4 aromatic carbocycles. The van der Waals surface area contributed by atoms with E-state index in [1.54, 1.807) is 0 Å². The van der Waals surface area contributed by atoms with E-state index in [4.69, 9.17) is 0 Å². The normalized spacial score (nSPS) is 12.9. The molecule has 0 aliphatic heterocycles. The second-order valence-electron chi connectivity index (χ2n) is 8.92. The standard InChI is InChI=1S/C32H32S3/c1-32(2,35-29-21-13-6-14-22-29)31(34-28-19-11-5-12-20-28)25-30(33-27-17-9-4-10-18-27)24-23-26-15-7-3-8-16-26/h3-22,24,31H,23,25H2,1-2H3/b30-24-/t31-/m1/s1. The minimum Gasteiger partial charge on any atom is -0.121 e. The lowest BCUT2D eigenvalue weighted by atomic mass is 10.0. The zero-order chi connectivity index (χ0) is 24.3. The summed E-state index contributed by atoms with van der Waals surface area (Å²) in [5, 5.41) is 0.397. The molecule has 0 aliphatic carbocycles. The Balaban J connectivity index is 1.62. The average molecular weight is 513 g/mol. The zero-order valence-corrected chi connectivity index (χ0v) is 22.8. The maximum Gasteiger partial charge on any atom is 0.0285 e. The Bertz CT molecular complexity index is 1170. The molecule has 0 aromatic heterocycles. The first-order chi connectivity index (χ1) is 17.1. The number of thioether (sulfide) groups is 3. The predicted molar refractivity (Wildman–Crippen MR) is 158 cm³/mol. The molecular formula is C32H32S3. The van der Waals surface area contributed by atoms with Gasteiger partial charge in [-0.2, -0.15) is 0 Å². The third kappa shape index (κ3) is 8.38. The second-order valence-corrected chi connectivity index (χ2v) is 13.1. The van der Waals surface area contributed by atoms with E-state index >= 15 is 0 Å². The highest BCUT2D eigenvalue weighted by Gasteiger charge is 2.32. The molecule has 35 heavy (non-hydrogen) atoms. The molecule has 0 fully saturated rings. The van der Waals surface area contributed by atoms with E-state index in [2.05, 4.69) is 141 Å². The fourth-order valence-electron chi connectivity index (χ4n) is 3.79. The molecule has 1 atom stereocenters. The van der Waals surface area contributed by atoms with Crippen molar-refractivity contribution in [1.82, 2.24) is 0 Å². The molecule has 4 rings (SSSR count). The van der Waals surface area contributed by atoms with Crippen LogP contribution in [0.15, 0.2) is 147 Å². The highest BCUT2D eigenvalue weighted by Crippen LogP contribution is 2.46. The summed E-state index contributed by atoms with van der Waals surface area (Å²) in [5.74, 6) is 0. The van der Waals surface area contributed by atoms with Gasteiger partial charge in [-0.15, -0.1) is 23.5 Å². The van der Waals surface area contributed by atoms with Crippen LogP contribution in [0.3, 0.4) is 0 Å². The van der Waals surface area contributed by atoms with Crippen LogP contribution in [0.4, 0.5) is 0 Å². The van der Waals surface area contributed by atoms with E-state index in [0.29, 0.717) is 5.25 Å². The highest BCUT2D eigenvalue weighted by atomic mass is 32.2. The van der Waals surface area contributed by atoms with Crippen molar-refractivity contribution in [3.05, 3.63) is 138 Å². The average Bonchev–Trinajstić information content (AvgIpc) is 2.89. The van der Waals surface area contributed by atoms with Crippen LogP contribution in [0.2, 0.25) is 0 Å². The van der Waals surface area contributed by atoms with E-state index in [-0.39, 0.29) is 4.75 Å².